The highest BCUT2D eigenvalue weighted by molar-refractivity contribution is 5.91. The third-order valence-corrected chi connectivity index (χ3v) is 4.37. The maximum Gasteiger partial charge on any atom is 0.316 e. The molecule has 0 amide bonds. The molecule has 1 aliphatic carbocycles. The quantitative estimate of drug-likeness (QED) is 0.883. The minimum atomic E-state index is -0.457. The van der Waals surface area contributed by atoms with Crippen molar-refractivity contribution >= 4 is 29.1 Å². The van der Waals surface area contributed by atoms with Crippen molar-refractivity contribution in [2.24, 2.45) is 5.92 Å². The molecule has 0 bridgehead atoms. The molecule has 21 heavy (non-hydrogen) atoms. The van der Waals surface area contributed by atoms with E-state index in [9.17, 15) is 4.79 Å². The van der Waals surface area contributed by atoms with Gasteiger partial charge in [0.25, 0.3) is 0 Å². The number of benzene rings is 2. The van der Waals surface area contributed by atoms with Crippen molar-refractivity contribution in [1.29, 1.82) is 0 Å². The first-order valence-corrected chi connectivity index (χ1v) is 6.94. The predicted molar refractivity (Wildman–Crippen MR) is 86.9 cm³/mol. The molecule has 0 spiro atoms. The Hall–Kier alpha value is -1.58. The number of esters is 1. The summed E-state index contributed by atoms with van der Waals surface area (Å²) in [5.74, 6) is 0.203. The Balaban J connectivity index is 0.00000161. The van der Waals surface area contributed by atoms with Crippen molar-refractivity contribution in [2.75, 3.05) is 20.7 Å². The maximum absolute atomic E-state index is 12.3. The number of rotatable bonds is 4. The average Bonchev–Trinajstić information content (AvgIpc) is 3.21. The Morgan fingerprint density at radius 2 is 2.00 bits per heavy atom. The van der Waals surface area contributed by atoms with E-state index in [2.05, 4.69) is 35.6 Å². The first-order chi connectivity index (χ1) is 9.72. The molecule has 1 aliphatic rings. The fourth-order valence-electron chi connectivity index (χ4n) is 3.19. The molecular formula is C17H20ClNO2. The number of halogens is 1. The van der Waals surface area contributed by atoms with Crippen molar-refractivity contribution in [3.8, 4) is 0 Å². The van der Waals surface area contributed by atoms with Gasteiger partial charge in [0.05, 0.1) is 12.5 Å². The molecule has 3 nitrogen and oxygen atoms in total. The third kappa shape index (κ3) is 2.52. The van der Waals surface area contributed by atoms with Gasteiger partial charge in [0.2, 0.25) is 0 Å². The van der Waals surface area contributed by atoms with E-state index < -0.39 is 5.41 Å². The Labute approximate surface area is 131 Å². The normalized spacial score (nSPS) is 23.4. The predicted octanol–water partition coefficient (Wildman–Crippen LogP) is 2.91. The van der Waals surface area contributed by atoms with Crippen LogP contribution in [0.25, 0.3) is 10.8 Å². The van der Waals surface area contributed by atoms with Crippen LogP contribution in [0.3, 0.4) is 0 Å². The van der Waals surface area contributed by atoms with Crippen LogP contribution in [-0.4, -0.2) is 26.7 Å². The van der Waals surface area contributed by atoms with Gasteiger partial charge < -0.3 is 10.1 Å². The lowest BCUT2D eigenvalue weighted by Gasteiger charge is -2.16. The summed E-state index contributed by atoms with van der Waals surface area (Å²) in [6.45, 7) is 0.835. The smallest absolute Gasteiger partial charge is 0.316 e. The zero-order chi connectivity index (χ0) is 14.2. The summed E-state index contributed by atoms with van der Waals surface area (Å²) in [6, 6.07) is 14.5. The second-order valence-corrected chi connectivity index (χ2v) is 5.48. The molecule has 0 aromatic heterocycles. The van der Waals surface area contributed by atoms with Crippen molar-refractivity contribution in [3.05, 3.63) is 48.0 Å². The molecule has 0 saturated heterocycles. The maximum atomic E-state index is 12.3. The number of nitrogens with one attached hydrogen (secondary N) is 1. The van der Waals surface area contributed by atoms with E-state index in [1.807, 2.05) is 19.2 Å². The molecule has 1 fully saturated rings. The standard InChI is InChI=1S/C17H19NO2.ClH/c1-18-11-15-10-17(15,16(19)20-2)14-8-7-12-5-3-4-6-13(12)9-14;/h3-9,15,18H,10-11H2,1-2H3;1H. The summed E-state index contributed by atoms with van der Waals surface area (Å²) < 4.78 is 5.05. The number of fused-ring (bicyclic) bond motifs is 1. The van der Waals surface area contributed by atoms with Crippen LogP contribution in [0.2, 0.25) is 0 Å². The molecule has 2 atom stereocenters. The Bertz CT molecular complexity index is 658. The number of methoxy groups -OCH3 is 1. The van der Waals surface area contributed by atoms with Crippen LogP contribution < -0.4 is 5.32 Å². The molecule has 2 aromatic rings. The third-order valence-electron chi connectivity index (χ3n) is 4.37. The molecule has 4 heteroatoms. The van der Waals surface area contributed by atoms with Crippen molar-refractivity contribution in [1.82, 2.24) is 5.32 Å². The number of ether oxygens (including phenoxy) is 1. The molecule has 1 saturated carbocycles. The van der Waals surface area contributed by atoms with Gasteiger partial charge in [-0.3, -0.25) is 4.79 Å². The van der Waals surface area contributed by atoms with Gasteiger partial charge in [-0.25, -0.2) is 0 Å². The monoisotopic (exact) mass is 305 g/mol. The largest absolute Gasteiger partial charge is 0.468 e. The highest BCUT2D eigenvalue weighted by atomic mass is 35.5. The first-order valence-electron chi connectivity index (χ1n) is 6.94. The molecule has 3 rings (SSSR count). The van der Waals surface area contributed by atoms with Gasteiger partial charge in [0.1, 0.15) is 0 Å². The van der Waals surface area contributed by atoms with Crippen LogP contribution in [0.5, 0.6) is 0 Å². The minimum Gasteiger partial charge on any atom is -0.468 e. The number of carbonyl (C=O) groups is 1. The van der Waals surface area contributed by atoms with Gasteiger partial charge in [0, 0.05) is 0 Å². The van der Waals surface area contributed by atoms with E-state index in [1.165, 1.54) is 17.9 Å². The SMILES string of the molecule is CNCC1CC1(C(=O)OC)c1ccc2ccccc2c1.Cl. The van der Waals surface area contributed by atoms with E-state index in [0.29, 0.717) is 5.92 Å². The number of hydrogen-bond donors (Lipinski definition) is 1. The van der Waals surface area contributed by atoms with Gasteiger partial charge in [-0.1, -0.05) is 36.4 Å². The molecule has 0 radical (unpaired) electrons. The van der Waals surface area contributed by atoms with E-state index in [1.54, 1.807) is 0 Å². The summed E-state index contributed by atoms with van der Waals surface area (Å²) in [6.07, 6.45) is 0.860. The van der Waals surface area contributed by atoms with Crippen molar-refractivity contribution in [3.63, 3.8) is 0 Å². The number of hydrogen-bond acceptors (Lipinski definition) is 3. The Morgan fingerprint density at radius 1 is 1.29 bits per heavy atom. The lowest BCUT2D eigenvalue weighted by atomic mass is 9.91. The lowest BCUT2D eigenvalue weighted by Crippen LogP contribution is -2.27. The highest BCUT2D eigenvalue weighted by Gasteiger charge is 2.61. The lowest BCUT2D eigenvalue weighted by molar-refractivity contribution is -0.144. The average molecular weight is 306 g/mol. The highest BCUT2D eigenvalue weighted by Crippen LogP contribution is 2.55. The fraction of sp³-hybridized carbons (Fsp3) is 0.353. The van der Waals surface area contributed by atoms with Crippen molar-refractivity contribution < 1.29 is 9.53 Å². The number of carbonyl (C=O) groups excluding carboxylic acids is 1. The second kappa shape index (κ2) is 6.04. The molecule has 2 aromatic carbocycles. The van der Waals surface area contributed by atoms with Gasteiger partial charge in [-0.2, -0.15) is 0 Å². The molecule has 1 N–H and O–H groups in total. The van der Waals surface area contributed by atoms with Crippen LogP contribution in [0.1, 0.15) is 12.0 Å². The summed E-state index contributed by atoms with van der Waals surface area (Å²) in [4.78, 5) is 12.3. The topological polar surface area (TPSA) is 38.3 Å². The van der Waals surface area contributed by atoms with E-state index >= 15 is 0 Å². The first kappa shape index (κ1) is 15.8. The van der Waals surface area contributed by atoms with Gasteiger partial charge in [0.15, 0.2) is 0 Å². The molecule has 0 heterocycles. The van der Waals surface area contributed by atoms with Crippen LogP contribution in [0, 0.1) is 5.92 Å². The van der Waals surface area contributed by atoms with E-state index in [-0.39, 0.29) is 18.4 Å². The van der Waals surface area contributed by atoms with Crippen LogP contribution in [0.4, 0.5) is 0 Å². The Kier molecular flexibility index (Phi) is 4.55. The van der Waals surface area contributed by atoms with E-state index in [0.717, 1.165) is 18.5 Å². The van der Waals surface area contributed by atoms with Gasteiger partial charge in [-0.15, -0.1) is 12.4 Å². The second-order valence-electron chi connectivity index (χ2n) is 5.48. The Morgan fingerprint density at radius 3 is 2.67 bits per heavy atom. The summed E-state index contributed by atoms with van der Waals surface area (Å²) >= 11 is 0. The molecule has 112 valence electrons. The summed E-state index contributed by atoms with van der Waals surface area (Å²) in [5, 5.41) is 5.53. The zero-order valence-corrected chi connectivity index (χ0v) is 13.1. The summed E-state index contributed by atoms with van der Waals surface area (Å²) in [7, 11) is 3.39. The van der Waals surface area contributed by atoms with E-state index in [4.69, 9.17) is 4.74 Å². The zero-order valence-electron chi connectivity index (χ0n) is 12.3. The fourth-order valence-corrected chi connectivity index (χ4v) is 3.19. The molecular weight excluding hydrogens is 286 g/mol. The minimum absolute atomic E-state index is 0. The summed E-state index contributed by atoms with van der Waals surface area (Å²) in [5.41, 5.74) is 0.616. The van der Waals surface area contributed by atoms with Crippen LogP contribution in [0.15, 0.2) is 42.5 Å². The molecule has 2 unspecified atom stereocenters. The van der Waals surface area contributed by atoms with Crippen LogP contribution in [-0.2, 0) is 14.9 Å². The van der Waals surface area contributed by atoms with Gasteiger partial charge in [-0.05, 0) is 48.3 Å². The van der Waals surface area contributed by atoms with Crippen molar-refractivity contribution in [2.45, 2.75) is 11.8 Å². The molecule has 0 aliphatic heterocycles. The van der Waals surface area contributed by atoms with Crippen LogP contribution >= 0.6 is 12.4 Å². The van der Waals surface area contributed by atoms with Gasteiger partial charge >= 0.3 is 5.97 Å².